The van der Waals surface area contributed by atoms with E-state index in [1.54, 1.807) is 6.07 Å². The number of rotatable bonds is 8. The van der Waals surface area contributed by atoms with E-state index in [9.17, 15) is 9.18 Å². The molecule has 1 aromatic rings. The van der Waals surface area contributed by atoms with Crippen molar-refractivity contribution in [2.75, 3.05) is 13.7 Å². The molecule has 0 heterocycles. The maximum atomic E-state index is 13.8. The van der Waals surface area contributed by atoms with E-state index in [2.05, 4.69) is 13.8 Å². The molecule has 0 bridgehead atoms. The summed E-state index contributed by atoms with van der Waals surface area (Å²) in [5.74, 6) is 0.627. The largest absolute Gasteiger partial charge is 0.497 e. The van der Waals surface area contributed by atoms with Gasteiger partial charge in [0.25, 0.3) is 0 Å². The zero-order chi connectivity index (χ0) is 15.1. The number of hydrogen-bond acceptors (Lipinski definition) is 3. The first-order valence-electron chi connectivity index (χ1n) is 7.06. The summed E-state index contributed by atoms with van der Waals surface area (Å²) in [5, 5.41) is 0. The monoisotopic (exact) mass is 281 g/mol. The van der Waals surface area contributed by atoms with E-state index in [4.69, 9.17) is 10.5 Å². The molecule has 3 nitrogen and oxygen atoms in total. The number of ether oxygens (including phenoxy) is 1. The summed E-state index contributed by atoms with van der Waals surface area (Å²) in [6.07, 6.45) is 2.00. The molecule has 0 aliphatic carbocycles. The fourth-order valence-electron chi connectivity index (χ4n) is 2.33. The second kappa shape index (κ2) is 8.00. The van der Waals surface area contributed by atoms with Crippen molar-refractivity contribution in [2.45, 2.75) is 33.1 Å². The Labute approximate surface area is 120 Å². The molecular formula is C16H24FNO2. The van der Waals surface area contributed by atoms with Crippen molar-refractivity contribution in [1.29, 1.82) is 0 Å². The average molecular weight is 281 g/mol. The Bertz CT molecular complexity index is 446. The highest BCUT2D eigenvalue weighted by Crippen LogP contribution is 2.23. The lowest BCUT2D eigenvalue weighted by molar-refractivity contribution is 0.0965. The van der Waals surface area contributed by atoms with Crippen LogP contribution in [-0.4, -0.2) is 19.4 Å². The van der Waals surface area contributed by atoms with Gasteiger partial charge in [0.05, 0.1) is 12.7 Å². The minimum absolute atomic E-state index is 0.140. The Hall–Kier alpha value is -1.42. The Balaban J connectivity index is 2.66. The molecule has 0 saturated carbocycles. The third-order valence-electron chi connectivity index (χ3n) is 3.70. The van der Waals surface area contributed by atoms with Gasteiger partial charge in [-0.1, -0.05) is 13.8 Å². The van der Waals surface area contributed by atoms with Gasteiger partial charge in [-0.2, -0.15) is 0 Å². The molecule has 112 valence electrons. The molecule has 0 saturated heterocycles. The summed E-state index contributed by atoms with van der Waals surface area (Å²) in [5.41, 5.74) is 5.72. The normalized spacial score (nSPS) is 12.5. The minimum Gasteiger partial charge on any atom is -0.497 e. The van der Waals surface area contributed by atoms with E-state index in [-0.39, 0.29) is 11.3 Å². The van der Waals surface area contributed by atoms with Crippen LogP contribution in [0.2, 0.25) is 0 Å². The average Bonchev–Trinajstić information content (AvgIpc) is 2.42. The maximum absolute atomic E-state index is 13.8. The smallest absolute Gasteiger partial charge is 0.165 e. The number of nitrogens with two attached hydrogens (primary N) is 1. The Morgan fingerprint density at radius 1 is 1.35 bits per heavy atom. The molecule has 0 aliphatic heterocycles. The number of carbonyl (C=O) groups excluding carboxylic acids is 1. The molecule has 1 rings (SSSR count). The highest BCUT2D eigenvalue weighted by Gasteiger charge is 2.17. The number of ketones is 1. The van der Waals surface area contributed by atoms with Gasteiger partial charge in [0.2, 0.25) is 0 Å². The summed E-state index contributed by atoms with van der Waals surface area (Å²) < 4.78 is 18.7. The van der Waals surface area contributed by atoms with Gasteiger partial charge in [-0.3, -0.25) is 4.79 Å². The maximum Gasteiger partial charge on any atom is 0.165 e. The second-order valence-corrected chi connectivity index (χ2v) is 5.39. The van der Waals surface area contributed by atoms with E-state index in [1.165, 1.54) is 19.2 Å². The third kappa shape index (κ3) is 4.60. The van der Waals surface area contributed by atoms with E-state index >= 15 is 0 Å². The number of benzene rings is 1. The van der Waals surface area contributed by atoms with Gasteiger partial charge in [-0.25, -0.2) is 4.39 Å². The third-order valence-corrected chi connectivity index (χ3v) is 3.70. The fraction of sp³-hybridized carbons (Fsp3) is 0.562. The van der Waals surface area contributed by atoms with Gasteiger partial charge in [0.1, 0.15) is 11.6 Å². The van der Waals surface area contributed by atoms with Crippen molar-refractivity contribution in [3.8, 4) is 5.75 Å². The summed E-state index contributed by atoms with van der Waals surface area (Å²) >= 11 is 0. The summed E-state index contributed by atoms with van der Waals surface area (Å²) in [6, 6.07) is 4.34. The van der Waals surface area contributed by atoms with Crippen LogP contribution < -0.4 is 10.5 Å². The molecule has 1 unspecified atom stereocenters. The van der Waals surface area contributed by atoms with Crippen molar-refractivity contribution in [1.82, 2.24) is 0 Å². The molecule has 0 spiro atoms. The fourth-order valence-corrected chi connectivity index (χ4v) is 2.33. The molecule has 0 fully saturated rings. The molecule has 0 aromatic heterocycles. The number of methoxy groups -OCH3 is 1. The molecule has 0 aliphatic rings. The van der Waals surface area contributed by atoms with Crippen LogP contribution in [-0.2, 0) is 0 Å². The van der Waals surface area contributed by atoms with Crippen LogP contribution in [0.1, 0.15) is 43.5 Å². The van der Waals surface area contributed by atoms with E-state index in [1.807, 2.05) is 0 Å². The van der Waals surface area contributed by atoms with Crippen LogP contribution in [0.3, 0.4) is 0 Å². The predicted octanol–water partition coefficient (Wildman–Crippen LogP) is 3.42. The zero-order valence-electron chi connectivity index (χ0n) is 12.5. The standard InChI is InChI=1S/C16H24FNO2/c1-11(2)12(8-9-18)4-7-16(19)14-6-5-13(20-3)10-15(14)17/h5-6,10-12H,4,7-9,18H2,1-3H3. The highest BCUT2D eigenvalue weighted by molar-refractivity contribution is 5.96. The quantitative estimate of drug-likeness (QED) is 0.743. The van der Waals surface area contributed by atoms with E-state index in [0.717, 1.165) is 12.8 Å². The van der Waals surface area contributed by atoms with E-state index in [0.29, 0.717) is 30.6 Å². The molecule has 0 radical (unpaired) electrons. The van der Waals surface area contributed by atoms with Crippen LogP contribution in [0, 0.1) is 17.7 Å². The number of hydrogen-bond donors (Lipinski definition) is 1. The van der Waals surface area contributed by atoms with Gasteiger partial charge in [-0.05, 0) is 43.4 Å². The van der Waals surface area contributed by atoms with Gasteiger partial charge in [0, 0.05) is 12.5 Å². The van der Waals surface area contributed by atoms with Gasteiger partial charge < -0.3 is 10.5 Å². The zero-order valence-corrected chi connectivity index (χ0v) is 12.5. The Morgan fingerprint density at radius 3 is 2.55 bits per heavy atom. The second-order valence-electron chi connectivity index (χ2n) is 5.39. The molecule has 1 aromatic carbocycles. The topological polar surface area (TPSA) is 52.3 Å². The number of Topliss-reactive ketones (excluding diaryl/α,β-unsaturated/α-hetero) is 1. The summed E-state index contributed by atoms with van der Waals surface area (Å²) in [6.45, 7) is 4.87. The number of carbonyl (C=O) groups is 1. The summed E-state index contributed by atoms with van der Waals surface area (Å²) in [7, 11) is 1.47. The molecule has 1 atom stereocenters. The lowest BCUT2D eigenvalue weighted by atomic mass is 9.87. The first kappa shape index (κ1) is 16.6. The van der Waals surface area contributed by atoms with Crippen LogP contribution >= 0.6 is 0 Å². The summed E-state index contributed by atoms with van der Waals surface area (Å²) in [4.78, 5) is 12.1. The van der Waals surface area contributed by atoms with Crippen molar-refractivity contribution in [3.05, 3.63) is 29.6 Å². The Morgan fingerprint density at radius 2 is 2.05 bits per heavy atom. The predicted molar refractivity (Wildman–Crippen MR) is 78.5 cm³/mol. The van der Waals surface area contributed by atoms with E-state index < -0.39 is 5.82 Å². The molecule has 0 amide bonds. The first-order chi connectivity index (χ1) is 9.49. The lowest BCUT2D eigenvalue weighted by Gasteiger charge is -2.19. The van der Waals surface area contributed by atoms with Crippen molar-refractivity contribution in [3.63, 3.8) is 0 Å². The minimum atomic E-state index is -0.519. The van der Waals surface area contributed by atoms with Crippen molar-refractivity contribution in [2.24, 2.45) is 17.6 Å². The molecular weight excluding hydrogens is 257 g/mol. The highest BCUT2D eigenvalue weighted by atomic mass is 19.1. The molecule has 4 heteroatoms. The van der Waals surface area contributed by atoms with Gasteiger partial charge in [-0.15, -0.1) is 0 Å². The van der Waals surface area contributed by atoms with Gasteiger partial charge in [0.15, 0.2) is 5.78 Å². The molecule has 2 N–H and O–H groups in total. The SMILES string of the molecule is COc1ccc(C(=O)CCC(CCN)C(C)C)c(F)c1. The van der Waals surface area contributed by atoms with Crippen molar-refractivity contribution >= 4 is 5.78 Å². The molecule has 20 heavy (non-hydrogen) atoms. The lowest BCUT2D eigenvalue weighted by Crippen LogP contribution is -2.16. The van der Waals surface area contributed by atoms with Crippen LogP contribution in [0.4, 0.5) is 4.39 Å². The van der Waals surface area contributed by atoms with Gasteiger partial charge >= 0.3 is 0 Å². The Kier molecular flexibility index (Phi) is 6.65. The first-order valence-corrected chi connectivity index (χ1v) is 7.06. The number of halogens is 1. The van der Waals surface area contributed by atoms with Crippen LogP contribution in [0.15, 0.2) is 18.2 Å². The van der Waals surface area contributed by atoms with Crippen LogP contribution in [0.5, 0.6) is 5.75 Å². The van der Waals surface area contributed by atoms with Crippen molar-refractivity contribution < 1.29 is 13.9 Å². The van der Waals surface area contributed by atoms with Crippen LogP contribution in [0.25, 0.3) is 0 Å².